The second-order valence-electron chi connectivity index (χ2n) is 1.81. The van der Waals surface area contributed by atoms with Crippen molar-refractivity contribution in [3.05, 3.63) is 0 Å². The first-order chi connectivity index (χ1) is 5.22. The average molecular weight is 195 g/mol. The molecule has 2 N–H and O–H groups in total. The number of carbonyl (C=O) groups is 1. The summed E-state index contributed by atoms with van der Waals surface area (Å²) in [7, 11) is 3.16. The van der Waals surface area contributed by atoms with E-state index < -0.39 is 6.04 Å². The van der Waals surface area contributed by atoms with Gasteiger partial charge in [0.2, 0.25) is 0 Å². The summed E-state index contributed by atoms with van der Waals surface area (Å²) < 4.78 is 4.71. The third kappa shape index (κ3) is 5.41. The van der Waals surface area contributed by atoms with Crippen LogP contribution in [0.1, 0.15) is 6.92 Å². The largest absolute Gasteiger partial charge is 0.465 e. The van der Waals surface area contributed by atoms with Crippen LogP contribution in [0, 0.1) is 0 Å². The molecule has 0 heterocycles. The van der Waals surface area contributed by atoms with E-state index in [1.54, 1.807) is 28.5 Å². The lowest BCUT2D eigenvalue weighted by molar-refractivity contribution is -0.144. The fourth-order valence-electron chi connectivity index (χ4n) is 0.459. The molecule has 66 valence electrons. The number of ether oxygens (including phenoxy) is 1. The van der Waals surface area contributed by atoms with Crippen molar-refractivity contribution in [1.82, 2.24) is 0 Å². The first kappa shape index (κ1) is 11.1. The number of rotatable bonds is 5. The summed E-state index contributed by atoms with van der Waals surface area (Å²) in [6.07, 6.45) is 1.95. The molecule has 0 bridgehead atoms. The van der Waals surface area contributed by atoms with E-state index in [4.69, 9.17) is 10.5 Å². The van der Waals surface area contributed by atoms with Gasteiger partial charge in [-0.3, -0.25) is 4.79 Å². The van der Waals surface area contributed by atoms with Gasteiger partial charge in [-0.15, -0.1) is 0 Å². The Kier molecular flexibility index (Phi) is 6.90. The maximum Gasteiger partial charge on any atom is 0.323 e. The average Bonchev–Trinajstić information content (AvgIpc) is 2.00. The van der Waals surface area contributed by atoms with Gasteiger partial charge in [-0.05, 0) is 13.2 Å². The monoisotopic (exact) mass is 195 g/mol. The van der Waals surface area contributed by atoms with Crippen molar-refractivity contribution in [2.24, 2.45) is 5.73 Å². The lowest BCUT2D eigenvalue weighted by Gasteiger charge is -2.07. The van der Waals surface area contributed by atoms with Crippen molar-refractivity contribution in [3.63, 3.8) is 0 Å². The molecule has 0 aliphatic heterocycles. The van der Waals surface area contributed by atoms with Crippen LogP contribution >= 0.6 is 21.6 Å². The molecule has 0 rings (SSSR count). The van der Waals surface area contributed by atoms with Crippen molar-refractivity contribution in [3.8, 4) is 0 Å². The summed E-state index contributed by atoms with van der Waals surface area (Å²) in [5.74, 6) is 0.300. The topological polar surface area (TPSA) is 52.3 Å². The number of esters is 1. The standard InChI is InChI=1S/C6H13NO2S2/c1-3-9-6(8)5(7)4-11-10-2/h5H,3-4,7H2,1-2H3/t5-/m0/s1. The number of hydrogen-bond acceptors (Lipinski definition) is 5. The Morgan fingerprint density at radius 2 is 2.36 bits per heavy atom. The van der Waals surface area contributed by atoms with Crippen LogP contribution < -0.4 is 5.73 Å². The molecule has 11 heavy (non-hydrogen) atoms. The Morgan fingerprint density at radius 3 is 2.82 bits per heavy atom. The predicted molar refractivity (Wildman–Crippen MR) is 50.6 cm³/mol. The van der Waals surface area contributed by atoms with E-state index in [0.29, 0.717) is 12.4 Å². The van der Waals surface area contributed by atoms with Gasteiger partial charge in [0.05, 0.1) is 6.61 Å². The van der Waals surface area contributed by atoms with E-state index in [1.165, 1.54) is 0 Å². The molecule has 0 saturated heterocycles. The molecule has 5 heteroatoms. The number of hydrogen-bond donors (Lipinski definition) is 1. The summed E-state index contributed by atoms with van der Waals surface area (Å²) in [6.45, 7) is 2.17. The second-order valence-corrected chi connectivity index (χ2v) is 4.42. The molecule has 1 atom stereocenters. The molecule has 0 fully saturated rings. The first-order valence-corrected chi connectivity index (χ1v) is 6.03. The van der Waals surface area contributed by atoms with Crippen LogP contribution in [0.5, 0.6) is 0 Å². The fourth-order valence-corrected chi connectivity index (χ4v) is 1.73. The van der Waals surface area contributed by atoms with Crippen molar-refractivity contribution < 1.29 is 9.53 Å². The molecule has 0 aliphatic carbocycles. The SMILES string of the molecule is CCOC(=O)[C@@H](N)CSSC. The maximum absolute atomic E-state index is 10.9. The van der Waals surface area contributed by atoms with Crippen molar-refractivity contribution >= 4 is 27.6 Å². The van der Waals surface area contributed by atoms with Crippen LogP contribution in [0.25, 0.3) is 0 Å². The lowest BCUT2D eigenvalue weighted by atomic mass is 10.4. The Labute approximate surface area is 74.8 Å². The molecule has 0 saturated carbocycles. The fraction of sp³-hybridized carbons (Fsp3) is 0.833. The van der Waals surface area contributed by atoms with E-state index in [1.807, 2.05) is 6.26 Å². The van der Waals surface area contributed by atoms with E-state index >= 15 is 0 Å². The highest BCUT2D eigenvalue weighted by Crippen LogP contribution is 2.17. The summed E-state index contributed by atoms with van der Waals surface area (Å²) in [5, 5.41) is 0. The minimum atomic E-state index is -0.479. The van der Waals surface area contributed by atoms with Crippen molar-refractivity contribution in [2.45, 2.75) is 13.0 Å². The molecule has 0 radical (unpaired) electrons. The van der Waals surface area contributed by atoms with Crippen LogP contribution in [0.15, 0.2) is 0 Å². The Morgan fingerprint density at radius 1 is 1.73 bits per heavy atom. The molecule has 0 aromatic heterocycles. The molecule has 0 aromatic rings. The van der Waals surface area contributed by atoms with Crippen LogP contribution in [0.2, 0.25) is 0 Å². The molecule has 0 aromatic carbocycles. The number of nitrogens with two attached hydrogens (primary N) is 1. The first-order valence-electron chi connectivity index (χ1n) is 3.30. The van der Waals surface area contributed by atoms with Gasteiger partial charge < -0.3 is 10.5 Å². The predicted octanol–water partition coefficient (Wildman–Crippen LogP) is 0.888. The van der Waals surface area contributed by atoms with Crippen LogP contribution in [0.3, 0.4) is 0 Å². The highest BCUT2D eigenvalue weighted by atomic mass is 33.1. The van der Waals surface area contributed by atoms with E-state index in [-0.39, 0.29) is 5.97 Å². The van der Waals surface area contributed by atoms with Gasteiger partial charge in [0.15, 0.2) is 0 Å². The van der Waals surface area contributed by atoms with Gasteiger partial charge in [0, 0.05) is 5.75 Å². The Balaban J connectivity index is 3.46. The third-order valence-electron chi connectivity index (χ3n) is 0.955. The molecular weight excluding hydrogens is 182 g/mol. The summed E-state index contributed by atoms with van der Waals surface area (Å²) in [6, 6.07) is -0.479. The summed E-state index contributed by atoms with van der Waals surface area (Å²) in [4.78, 5) is 10.9. The highest BCUT2D eigenvalue weighted by Gasteiger charge is 2.13. The van der Waals surface area contributed by atoms with Gasteiger partial charge in [-0.2, -0.15) is 0 Å². The zero-order valence-corrected chi connectivity index (χ0v) is 8.33. The van der Waals surface area contributed by atoms with E-state index in [0.717, 1.165) is 0 Å². The van der Waals surface area contributed by atoms with Crippen LogP contribution in [-0.2, 0) is 9.53 Å². The molecule has 0 aliphatic rings. The smallest absolute Gasteiger partial charge is 0.323 e. The summed E-state index contributed by atoms with van der Waals surface area (Å²) in [5.41, 5.74) is 5.48. The molecular formula is C6H13NO2S2. The molecule has 3 nitrogen and oxygen atoms in total. The van der Waals surface area contributed by atoms with Gasteiger partial charge in [0.1, 0.15) is 6.04 Å². The maximum atomic E-state index is 10.9. The molecule has 0 unspecified atom stereocenters. The second kappa shape index (κ2) is 6.82. The molecule has 0 spiro atoms. The zero-order chi connectivity index (χ0) is 8.69. The minimum Gasteiger partial charge on any atom is -0.465 e. The Bertz CT molecular complexity index is 121. The van der Waals surface area contributed by atoms with Crippen LogP contribution in [-0.4, -0.2) is 30.6 Å². The quantitative estimate of drug-likeness (QED) is 0.521. The van der Waals surface area contributed by atoms with Crippen molar-refractivity contribution in [2.75, 3.05) is 18.6 Å². The normalized spacial score (nSPS) is 12.6. The van der Waals surface area contributed by atoms with Gasteiger partial charge in [-0.1, -0.05) is 21.6 Å². The third-order valence-corrected chi connectivity index (χ3v) is 2.80. The number of carbonyl (C=O) groups excluding carboxylic acids is 1. The summed E-state index contributed by atoms with van der Waals surface area (Å²) >= 11 is 0. The minimum absolute atomic E-state index is 0.311. The van der Waals surface area contributed by atoms with Gasteiger partial charge in [0.25, 0.3) is 0 Å². The van der Waals surface area contributed by atoms with Gasteiger partial charge >= 0.3 is 5.97 Å². The Hall–Kier alpha value is 0.130. The van der Waals surface area contributed by atoms with E-state index in [9.17, 15) is 4.79 Å². The zero-order valence-electron chi connectivity index (χ0n) is 6.70. The van der Waals surface area contributed by atoms with Crippen molar-refractivity contribution in [1.29, 1.82) is 0 Å². The van der Waals surface area contributed by atoms with Crippen LogP contribution in [0.4, 0.5) is 0 Å². The lowest BCUT2D eigenvalue weighted by Crippen LogP contribution is -2.34. The van der Waals surface area contributed by atoms with Gasteiger partial charge in [-0.25, -0.2) is 0 Å². The molecule has 0 amide bonds. The van der Waals surface area contributed by atoms with E-state index in [2.05, 4.69) is 0 Å². The highest BCUT2D eigenvalue weighted by molar-refractivity contribution is 8.76.